The fourth-order valence-corrected chi connectivity index (χ4v) is 3.83. The highest BCUT2D eigenvalue weighted by Gasteiger charge is 2.16. The minimum Gasteiger partial charge on any atom is -0.353 e. The second kappa shape index (κ2) is 9.43. The Kier molecular flexibility index (Phi) is 6.71. The summed E-state index contributed by atoms with van der Waals surface area (Å²) >= 11 is 1.24. The van der Waals surface area contributed by atoms with Crippen molar-refractivity contribution < 1.29 is 9.59 Å². The van der Waals surface area contributed by atoms with E-state index < -0.39 is 0 Å². The molecule has 1 heterocycles. The number of para-hydroxylation sites is 1. The first kappa shape index (κ1) is 18.5. The third-order valence-corrected chi connectivity index (χ3v) is 5.46. The molecule has 138 valence electrons. The SMILES string of the molecule is O=C(CCc1nnc(C(=O)Nc2ccccc2)s1)NC1CCCCCC1. The molecule has 2 aromatic rings. The van der Waals surface area contributed by atoms with Crippen molar-refractivity contribution in [3.63, 3.8) is 0 Å². The molecule has 1 aromatic carbocycles. The topological polar surface area (TPSA) is 84.0 Å². The second-order valence-electron chi connectivity index (χ2n) is 6.58. The van der Waals surface area contributed by atoms with E-state index in [1.807, 2.05) is 30.3 Å². The number of hydrogen-bond acceptors (Lipinski definition) is 5. The van der Waals surface area contributed by atoms with E-state index in [4.69, 9.17) is 0 Å². The van der Waals surface area contributed by atoms with Crippen molar-refractivity contribution in [3.05, 3.63) is 40.3 Å². The van der Waals surface area contributed by atoms with E-state index in [0.29, 0.717) is 28.9 Å². The summed E-state index contributed by atoms with van der Waals surface area (Å²) in [5, 5.41) is 14.9. The highest BCUT2D eigenvalue weighted by molar-refractivity contribution is 7.13. The number of benzene rings is 1. The van der Waals surface area contributed by atoms with Crippen molar-refractivity contribution in [2.24, 2.45) is 0 Å². The summed E-state index contributed by atoms with van der Waals surface area (Å²) in [6.45, 7) is 0. The zero-order valence-corrected chi connectivity index (χ0v) is 15.6. The van der Waals surface area contributed by atoms with Gasteiger partial charge >= 0.3 is 0 Å². The highest BCUT2D eigenvalue weighted by atomic mass is 32.1. The van der Waals surface area contributed by atoms with Gasteiger partial charge in [0.05, 0.1) is 0 Å². The van der Waals surface area contributed by atoms with Crippen molar-refractivity contribution in [2.75, 3.05) is 5.32 Å². The Labute approximate surface area is 157 Å². The van der Waals surface area contributed by atoms with E-state index in [-0.39, 0.29) is 11.8 Å². The minimum absolute atomic E-state index is 0.0578. The van der Waals surface area contributed by atoms with Gasteiger partial charge in [-0.25, -0.2) is 0 Å². The van der Waals surface area contributed by atoms with Crippen LogP contribution in [-0.2, 0) is 11.2 Å². The fourth-order valence-electron chi connectivity index (χ4n) is 3.10. The monoisotopic (exact) mass is 372 g/mol. The van der Waals surface area contributed by atoms with Gasteiger partial charge in [0.1, 0.15) is 5.01 Å². The summed E-state index contributed by atoms with van der Waals surface area (Å²) in [6, 6.07) is 9.54. The lowest BCUT2D eigenvalue weighted by Gasteiger charge is -2.15. The predicted octanol–water partition coefficient (Wildman–Crippen LogP) is 3.56. The van der Waals surface area contributed by atoms with Crippen LogP contribution >= 0.6 is 11.3 Å². The fraction of sp³-hybridized carbons (Fsp3) is 0.474. The van der Waals surface area contributed by atoms with Crippen LogP contribution in [0.2, 0.25) is 0 Å². The first-order chi connectivity index (χ1) is 12.7. The van der Waals surface area contributed by atoms with Gasteiger partial charge in [0, 0.05) is 24.6 Å². The maximum atomic E-state index is 12.2. The molecule has 0 spiro atoms. The summed E-state index contributed by atoms with van der Waals surface area (Å²) in [4.78, 5) is 24.3. The number of amides is 2. The van der Waals surface area contributed by atoms with Crippen LogP contribution in [0.4, 0.5) is 5.69 Å². The van der Waals surface area contributed by atoms with E-state index >= 15 is 0 Å². The first-order valence-corrected chi connectivity index (χ1v) is 10.0. The van der Waals surface area contributed by atoms with Crippen LogP contribution in [0.15, 0.2) is 30.3 Å². The molecule has 0 bridgehead atoms. The molecule has 1 aliphatic carbocycles. The number of carbonyl (C=O) groups excluding carboxylic acids is 2. The molecule has 1 saturated carbocycles. The average molecular weight is 372 g/mol. The Morgan fingerprint density at radius 2 is 1.77 bits per heavy atom. The van der Waals surface area contributed by atoms with Gasteiger partial charge in [-0.15, -0.1) is 10.2 Å². The Hall–Kier alpha value is -2.28. The molecule has 0 atom stereocenters. The smallest absolute Gasteiger partial charge is 0.286 e. The zero-order valence-electron chi connectivity index (χ0n) is 14.7. The van der Waals surface area contributed by atoms with E-state index in [0.717, 1.165) is 18.5 Å². The van der Waals surface area contributed by atoms with Gasteiger partial charge in [-0.1, -0.05) is 55.2 Å². The van der Waals surface area contributed by atoms with E-state index in [1.165, 1.54) is 37.0 Å². The summed E-state index contributed by atoms with van der Waals surface area (Å²) in [5.41, 5.74) is 0.719. The van der Waals surface area contributed by atoms with Crippen LogP contribution in [0.3, 0.4) is 0 Å². The van der Waals surface area contributed by atoms with E-state index in [1.54, 1.807) is 0 Å². The highest BCUT2D eigenvalue weighted by Crippen LogP contribution is 2.18. The second-order valence-corrected chi connectivity index (χ2v) is 7.64. The van der Waals surface area contributed by atoms with Crippen LogP contribution in [0, 0.1) is 0 Å². The average Bonchev–Trinajstić information content (AvgIpc) is 2.98. The van der Waals surface area contributed by atoms with Crippen LogP contribution in [-0.4, -0.2) is 28.1 Å². The normalized spacial score (nSPS) is 15.2. The molecule has 6 nitrogen and oxygen atoms in total. The van der Waals surface area contributed by atoms with Gasteiger partial charge in [0.25, 0.3) is 5.91 Å². The lowest BCUT2D eigenvalue weighted by atomic mass is 10.1. The van der Waals surface area contributed by atoms with E-state index in [9.17, 15) is 9.59 Å². The number of carbonyl (C=O) groups is 2. The summed E-state index contributed by atoms with van der Waals surface area (Å²) in [7, 11) is 0. The maximum Gasteiger partial charge on any atom is 0.286 e. The molecule has 2 amide bonds. The Bertz CT molecular complexity index is 724. The Balaban J connectivity index is 1.45. The Morgan fingerprint density at radius 3 is 2.50 bits per heavy atom. The number of anilines is 1. The third kappa shape index (κ3) is 5.62. The lowest BCUT2D eigenvalue weighted by Crippen LogP contribution is -2.34. The molecule has 0 aliphatic heterocycles. The minimum atomic E-state index is -0.275. The molecular weight excluding hydrogens is 348 g/mol. The molecule has 1 fully saturated rings. The molecule has 1 aromatic heterocycles. The van der Waals surface area contributed by atoms with Crippen LogP contribution in [0.25, 0.3) is 0 Å². The summed E-state index contributed by atoms with van der Waals surface area (Å²) in [6.07, 6.45) is 7.97. The van der Waals surface area contributed by atoms with Gasteiger partial charge in [-0.05, 0) is 25.0 Å². The number of aromatic nitrogens is 2. The molecule has 0 radical (unpaired) electrons. The molecule has 0 unspecified atom stereocenters. The number of rotatable bonds is 6. The number of hydrogen-bond donors (Lipinski definition) is 2. The van der Waals surface area contributed by atoms with Gasteiger partial charge in [0.15, 0.2) is 0 Å². The van der Waals surface area contributed by atoms with Gasteiger partial charge in [-0.2, -0.15) is 0 Å². The van der Waals surface area contributed by atoms with Crippen molar-refractivity contribution in [2.45, 2.75) is 57.4 Å². The molecule has 3 rings (SSSR count). The lowest BCUT2D eigenvalue weighted by molar-refractivity contribution is -0.121. The van der Waals surface area contributed by atoms with Gasteiger partial charge in [-0.3, -0.25) is 9.59 Å². The number of nitrogens with zero attached hydrogens (tertiary/aromatic N) is 2. The first-order valence-electron chi connectivity index (χ1n) is 9.19. The maximum absolute atomic E-state index is 12.2. The van der Waals surface area contributed by atoms with Crippen molar-refractivity contribution in [1.29, 1.82) is 0 Å². The van der Waals surface area contributed by atoms with Crippen LogP contribution in [0.5, 0.6) is 0 Å². The molecular formula is C19H24N4O2S. The van der Waals surface area contributed by atoms with Crippen LogP contribution in [0.1, 0.15) is 59.8 Å². The molecule has 7 heteroatoms. The number of nitrogens with one attached hydrogen (secondary N) is 2. The molecule has 1 aliphatic rings. The largest absolute Gasteiger partial charge is 0.353 e. The van der Waals surface area contributed by atoms with Gasteiger partial charge in [0.2, 0.25) is 10.9 Å². The van der Waals surface area contributed by atoms with E-state index in [2.05, 4.69) is 20.8 Å². The quantitative estimate of drug-likeness (QED) is 0.760. The summed E-state index contributed by atoms with van der Waals surface area (Å²) < 4.78 is 0. The molecule has 26 heavy (non-hydrogen) atoms. The Morgan fingerprint density at radius 1 is 1.04 bits per heavy atom. The number of aryl methyl sites for hydroxylation is 1. The van der Waals surface area contributed by atoms with Crippen molar-refractivity contribution in [1.82, 2.24) is 15.5 Å². The zero-order chi connectivity index (χ0) is 18.2. The molecule has 0 saturated heterocycles. The van der Waals surface area contributed by atoms with Gasteiger partial charge < -0.3 is 10.6 Å². The standard InChI is InChI=1S/C19H24N4O2S/c24-16(20-14-8-4-1-2-5-9-14)12-13-17-22-23-19(26-17)18(25)21-15-10-6-3-7-11-15/h3,6-7,10-11,14H,1-2,4-5,8-9,12-13H2,(H,20,24)(H,21,25). The van der Waals surface area contributed by atoms with Crippen molar-refractivity contribution in [3.8, 4) is 0 Å². The third-order valence-electron chi connectivity index (χ3n) is 4.48. The van der Waals surface area contributed by atoms with Crippen molar-refractivity contribution >= 4 is 28.8 Å². The molecule has 2 N–H and O–H groups in total. The predicted molar refractivity (Wildman–Crippen MR) is 102 cm³/mol. The van der Waals surface area contributed by atoms with Crippen LogP contribution < -0.4 is 10.6 Å². The summed E-state index contributed by atoms with van der Waals surface area (Å²) in [5.74, 6) is -0.217.